The molecule has 0 spiro atoms. The van der Waals surface area contributed by atoms with Crippen LogP contribution in [-0.4, -0.2) is 33.7 Å². The van der Waals surface area contributed by atoms with E-state index in [-0.39, 0.29) is 16.6 Å². The fourth-order valence-corrected chi connectivity index (χ4v) is 2.58. The molecule has 0 bridgehead atoms. The van der Waals surface area contributed by atoms with Gasteiger partial charge >= 0.3 is 11.9 Å². The maximum atomic E-state index is 13.8. The molecule has 0 fully saturated rings. The Morgan fingerprint density at radius 1 is 1.32 bits per heavy atom. The minimum absolute atomic E-state index is 0.0136. The lowest BCUT2D eigenvalue weighted by Crippen LogP contribution is -2.21. The molecule has 2 N–H and O–H groups in total. The van der Waals surface area contributed by atoms with Crippen LogP contribution in [0.25, 0.3) is 16.6 Å². The van der Waals surface area contributed by atoms with Crippen molar-refractivity contribution in [1.82, 2.24) is 9.55 Å². The molecule has 0 aliphatic carbocycles. The number of carbonyl (C=O) groups excluding carboxylic acids is 1. The van der Waals surface area contributed by atoms with Crippen molar-refractivity contribution in [3.8, 4) is 0 Å². The summed E-state index contributed by atoms with van der Waals surface area (Å²) in [5.41, 5.74) is -0.971. The van der Waals surface area contributed by atoms with Crippen molar-refractivity contribution < 1.29 is 23.8 Å². The van der Waals surface area contributed by atoms with Crippen LogP contribution < -0.4 is 10.7 Å². The molecule has 142 valence electrons. The van der Waals surface area contributed by atoms with Gasteiger partial charge in [0.25, 0.3) is 0 Å². The quantitative estimate of drug-likeness (QED) is 0.514. The Morgan fingerprint density at radius 3 is 2.75 bits per heavy atom. The maximum absolute atomic E-state index is 13.8. The summed E-state index contributed by atoms with van der Waals surface area (Å²) in [6.45, 7) is 0. The number of esters is 1. The number of hydrogen-bond donors (Lipinski definition) is 2. The van der Waals surface area contributed by atoms with Crippen LogP contribution in [0.2, 0.25) is 0 Å². The normalized spacial score (nSPS) is 11.3. The fraction of sp³-hybridized carbons (Fsp3) is 0.0526. The average Bonchev–Trinajstić information content (AvgIpc) is 2.69. The Bertz CT molecular complexity index is 1160. The van der Waals surface area contributed by atoms with E-state index in [0.717, 1.165) is 30.0 Å². The van der Waals surface area contributed by atoms with E-state index in [2.05, 4.69) is 10.3 Å². The summed E-state index contributed by atoms with van der Waals surface area (Å²) in [7, 11) is 1.14. The van der Waals surface area contributed by atoms with Gasteiger partial charge in [0.2, 0.25) is 5.43 Å². The zero-order valence-corrected chi connectivity index (χ0v) is 14.5. The second-order valence-electron chi connectivity index (χ2n) is 5.62. The van der Waals surface area contributed by atoms with E-state index in [0.29, 0.717) is 5.69 Å². The molecule has 8 nitrogen and oxygen atoms in total. The number of rotatable bonds is 5. The molecule has 9 heteroatoms. The first-order chi connectivity index (χ1) is 13.4. The summed E-state index contributed by atoms with van der Waals surface area (Å²) in [6.07, 6.45) is 5.27. The molecule has 0 amide bonds. The van der Waals surface area contributed by atoms with Crippen molar-refractivity contribution in [2.45, 2.75) is 0 Å². The number of aromatic nitrogens is 2. The summed E-state index contributed by atoms with van der Waals surface area (Å²) < 4.78 is 19.7. The molecule has 0 saturated heterocycles. The highest BCUT2D eigenvalue weighted by atomic mass is 19.1. The standard InChI is InChI=1S/C19H14FN3O5/c1-28-19(27)16(9-22-12-3-2-6-21-8-12)23-10-14(18(25)26)17(24)13-5-4-11(20)7-15(13)23/h2-10,22H,1H3,(H,25,26)/b16-9+. The van der Waals surface area contributed by atoms with E-state index in [1.165, 1.54) is 18.5 Å². The lowest BCUT2D eigenvalue weighted by molar-refractivity contribution is -0.134. The van der Waals surface area contributed by atoms with Gasteiger partial charge in [0.15, 0.2) is 0 Å². The van der Waals surface area contributed by atoms with Crippen LogP contribution in [0.5, 0.6) is 0 Å². The number of halogens is 1. The Balaban J connectivity index is 2.28. The van der Waals surface area contributed by atoms with Crippen LogP contribution in [0, 0.1) is 5.82 Å². The number of methoxy groups -OCH3 is 1. The molecule has 2 heterocycles. The number of nitrogens with one attached hydrogen (secondary N) is 1. The number of hydrogen-bond acceptors (Lipinski definition) is 6. The number of fused-ring (bicyclic) bond motifs is 1. The SMILES string of the molecule is COC(=O)/C(=C\Nc1cccnc1)n1cc(C(=O)O)c(=O)c2ccc(F)cc21. The smallest absolute Gasteiger partial charge is 0.356 e. The Hall–Kier alpha value is -4.01. The van der Waals surface area contributed by atoms with Gasteiger partial charge in [-0.15, -0.1) is 0 Å². The molecule has 0 aliphatic heterocycles. The van der Waals surface area contributed by atoms with E-state index in [1.54, 1.807) is 18.3 Å². The first-order valence-corrected chi connectivity index (χ1v) is 7.96. The Morgan fingerprint density at radius 2 is 2.11 bits per heavy atom. The third-order valence-electron chi connectivity index (χ3n) is 3.89. The first-order valence-electron chi connectivity index (χ1n) is 7.96. The monoisotopic (exact) mass is 383 g/mol. The first kappa shape index (κ1) is 18.8. The highest BCUT2D eigenvalue weighted by Gasteiger charge is 2.20. The third kappa shape index (κ3) is 3.58. The molecule has 0 radical (unpaired) electrons. The van der Waals surface area contributed by atoms with Crippen molar-refractivity contribution in [3.63, 3.8) is 0 Å². The van der Waals surface area contributed by atoms with Gasteiger partial charge in [-0.25, -0.2) is 14.0 Å². The highest BCUT2D eigenvalue weighted by Crippen LogP contribution is 2.20. The average molecular weight is 383 g/mol. The molecule has 28 heavy (non-hydrogen) atoms. The second kappa shape index (κ2) is 7.70. The van der Waals surface area contributed by atoms with E-state index in [4.69, 9.17) is 4.74 Å². The number of carbonyl (C=O) groups is 2. The van der Waals surface area contributed by atoms with Crippen molar-refractivity contribution >= 4 is 34.2 Å². The van der Waals surface area contributed by atoms with E-state index < -0.39 is 28.7 Å². The van der Waals surface area contributed by atoms with Gasteiger partial charge in [0, 0.05) is 24.0 Å². The summed E-state index contributed by atoms with van der Waals surface area (Å²) in [4.78, 5) is 40.1. The van der Waals surface area contributed by atoms with Gasteiger partial charge < -0.3 is 19.7 Å². The van der Waals surface area contributed by atoms with Crippen LogP contribution >= 0.6 is 0 Å². The second-order valence-corrected chi connectivity index (χ2v) is 5.62. The van der Waals surface area contributed by atoms with Crippen LogP contribution in [0.3, 0.4) is 0 Å². The highest BCUT2D eigenvalue weighted by molar-refractivity contribution is 6.12. The lowest BCUT2D eigenvalue weighted by Gasteiger charge is -2.15. The topological polar surface area (TPSA) is 111 Å². The third-order valence-corrected chi connectivity index (χ3v) is 3.89. The molecule has 0 atom stereocenters. The summed E-state index contributed by atoms with van der Waals surface area (Å²) >= 11 is 0. The number of aromatic carboxylic acids is 1. The van der Waals surface area contributed by atoms with Gasteiger partial charge in [-0.3, -0.25) is 9.78 Å². The molecule has 3 rings (SSSR count). The fourth-order valence-electron chi connectivity index (χ4n) is 2.58. The predicted octanol–water partition coefficient (Wildman–Crippen LogP) is 2.32. The van der Waals surface area contributed by atoms with E-state index in [9.17, 15) is 23.9 Å². The van der Waals surface area contributed by atoms with Crippen LogP contribution in [-0.2, 0) is 9.53 Å². The minimum Gasteiger partial charge on any atom is -0.477 e. The number of pyridine rings is 2. The van der Waals surface area contributed by atoms with E-state index >= 15 is 0 Å². The number of anilines is 1. The number of nitrogens with zero attached hydrogens (tertiary/aromatic N) is 2. The maximum Gasteiger partial charge on any atom is 0.356 e. The van der Waals surface area contributed by atoms with Crippen molar-refractivity contribution in [1.29, 1.82) is 0 Å². The number of carboxylic acids is 1. The van der Waals surface area contributed by atoms with Crippen molar-refractivity contribution in [3.05, 3.63) is 76.7 Å². The van der Waals surface area contributed by atoms with Crippen LogP contribution in [0.15, 0.2) is 59.9 Å². The zero-order valence-electron chi connectivity index (χ0n) is 14.5. The van der Waals surface area contributed by atoms with Gasteiger partial charge in [0.1, 0.15) is 17.1 Å². The largest absolute Gasteiger partial charge is 0.477 e. The Labute approximate surface area is 157 Å². The molecule has 1 aromatic carbocycles. The molecular formula is C19H14FN3O5. The molecule has 3 aromatic rings. The van der Waals surface area contributed by atoms with Gasteiger partial charge in [0.05, 0.1) is 24.5 Å². The summed E-state index contributed by atoms with van der Waals surface area (Å²) in [6, 6.07) is 6.59. The molecular weight excluding hydrogens is 369 g/mol. The molecule has 0 aliphatic rings. The minimum atomic E-state index is -1.48. The van der Waals surface area contributed by atoms with Gasteiger partial charge in [-0.1, -0.05) is 0 Å². The molecule has 2 aromatic heterocycles. The van der Waals surface area contributed by atoms with Gasteiger partial charge in [-0.05, 0) is 30.3 Å². The van der Waals surface area contributed by atoms with Crippen LogP contribution in [0.1, 0.15) is 10.4 Å². The summed E-state index contributed by atoms with van der Waals surface area (Å²) in [5.74, 6) is -2.97. The van der Waals surface area contributed by atoms with Gasteiger partial charge in [-0.2, -0.15) is 0 Å². The predicted molar refractivity (Wildman–Crippen MR) is 99.3 cm³/mol. The lowest BCUT2D eigenvalue weighted by atomic mass is 10.1. The number of benzene rings is 1. The zero-order chi connectivity index (χ0) is 20.3. The number of ether oxygens (including phenoxy) is 1. The molecule has 0 saturated carbocycles. The number of carboxylic acid groups (broad SMARTS) is 1. The van der Waals surface area contributed by atoms with Crippen molar-refractivity contribution in [2.75, 3.05) is 12.4 Å². The molecule has 0 unspecified atom stereocenters. The summed E-state index contributed by atoms with van der Waals surface area (Å²) in [5, 5.41) is 12.1. The van der Waals surface area contributed by atoms with Crippen molar-refractivity contribution in [2.24, 2.45) is 0 Å². The van der Waals surface area contributed by atoms with Crippen LogP contribution in [0.4, 0.5) is 10.1 Å². The van der Waals surface area contributed by atoms with E-state index in [1.807, 2.05) is 0 Å². The Kier molecular flexibility index (Phi) is 5.16.